The van der Waals surface area contributed by atoms with Crippen molar-refractivity contribution in [2.24, 2.45) is 0 Å². The van der Waals surface area contributed by atoms with Gasteiger partial charge < -0.3 is 10.1 Å². The molecule has 1 N–H and O–H groups in total. The molecule has 0 aliphatic heterocycles. The molecular formula is C17H17NO. The van der Waals surface area contributed by atoms with E-state index in [1.165, 1.54) is 5.56 Å². The first-order valence-electron chi connectivity index (χ1n) is 6.17. The van der Waals surface area contributed by atoms with Crippen molar-refractivity contribution < 1.29 is 4.74 Å². The predicted octanol–water partition coefficient (Wildman–Crippen LogP) is 3.60. The molecule has 0 bridgehead atoms. The fraction of sp³-hybridized carbons (Fsp3) is 0.176. The van der Waals surface area contributed by atoms with E-state index >= 15 is 0 Å². The molecule has 0 saturated carbocycles. The Kier molecular flexibility index (Phi) is 4.10. The molecule has 0 fully saturated rings. The molecule has 2 nitrogen and oxygen atoms in total. The third-order valence-corrected chi connectivity index (χ3v) is 2.95. The van der Waals surface area contributed by atoms with Gasteiger partial charge in [-0.1, -0.05) is 29.7 Å². The summed E-state index contributed by atoms with van der Waals surface area (Å²) in [6.07, 6.45) is 5.39. The summed E-state index contributed by atoms with van der Waals surface area (Å²) in [6, 6.07) is 14.0. The predicted molar refractivity (Wildman–Crippen MR) is 79.4 cm³/mol. The Morgan fingerprint density at radius 2 is 2.05 bits per heavy atom. The zero-order valence-electron chi connectivity index (χ0n) is 11.2. The highest BCUT2D eigenvalue weighted by atomic mass is 16.5. The zero-order valence-corrected chi connectivity index (χ0v) is 11.2. The van der Waals surface area contributed by atoms with Gasteiger partial charge in [0.1, 0.15) is 5.75 Å². The van der Waals surface area contributed by atoms with E-state index in [9.17, 15) is 0 Å². The Morgan fingerprint density at radius 1 is 1.21 bits per heavy atom. The van der Waals surface area contributed by atoms with Gasteiger partial charge in [-0.3, -0.25) is 0 Å². The van der Waals surface area contributed by atoms with Crippen LogP contribution in [0.3, 0.4) is 0 Å². The largest absolute Gasteiger partial charge is 0.496 e. The number of ether oxygens (including phenoxy) is 1. The molecule has 0 radical (unpaired) electrons. The standard InChI is InChI=1S/C17H17NO/c1-4-14-6-5-7-16(11-14)18-12-15-10-13(2)8-9-17(15)19-3/h1,5-11,18H,12H2,2-3H3. The summed E-state index contributed by atoms with van der Waals surface area (Å²) in [5.41, 5.74) is 4.24. The number of anilines is 1. The van der Waals surface area contributed by atoms with Gasteiger partial charge in [0, 0.05) is 23.4 Å². The van der Waals surface area contributed by atoms with E-state index in [0.29, 0.717) is 6.54 Å². The van der Waals surface area contributed by atoms with Crippen LogP contribution in [-0.4, -0.2) is 7.11 Å². The van der Waals surface area contributed by atoms with Gasteiger partial charge >= 0.3 is 0 Å². The molecule has 0 atom stereocenters. The first-order chi connectivity index (χ1) is 9.22. The van der Waals surface area contributed by atoms with Gasteiger partial charge in [-0.25, -0.2) is 0 Å². The molecule has 0 aromatic heterocycles. The lowest BCUT2D eigenvalue weighted by atomic mass is 10.1. The van der Waals surface area contributed by atoms with Crippen molar-refractivity contribution in [3.8, 4) is 18.1 Å². The molecule has 0 unspecified atom stereocenters. The fourth-order valence-electron chi connectivity index (χ4n) is 1.96. The Hall–Kier alpha value is -2.40. The number of nitrogens with one attached hydrogen (secondary N) is 1. The SMILES string of the molecule is C#Cc1cccc(NCc2cc(C)ccc2OC)c1. The van der Waals surface area contributed by atoms with Crippen molar-refractivity contribution in [3.05, 3.63) is 59.2 Å². The van der Waals surface area contributed by atoms with Crippen LogP contribution < -0.4 is 10.1 Å². The maximum atomic E-state index is 5.39. The number of benzene rings is 2. The quantitative estimate of drug-likeness (QED) is 0.838. The summed E-state index contributed by atoms with van der Waals surface area (Å²) in [5.74, 6) is 3.53. The third kappa shape index (κ3) is 3.29. The molecular weight excluding hydrogens is 234 g/mol. The fourth-order valence-corrected chi connectivity index (χ4v) is 1.96. The number of aryl methyl sites for hydroxylation is 1. The zero-order chi connectivity index (χ0) is 13.7. The minimum Gasteiger partial charge on any atom is -0.496 e. The maximum Gasteiger partial charge on any atom is 0.123 e. The number of hydrogen-bond acceptors (Lipinski definition) is 2. The number of hydrogen-bond donors (Lipinski definition) is 1. The van der Waals surface area contributed by atoms with E-state index in [4.69, 9.17) is 11.2 Å². The molecule has 96 valence electrons. The van der Waals surface area contributed by atoms with Gasteiger partial charge in [-0.05, 0) is 31.2 Å². The average Bonchev–Trinajstić information content (AvgIpc) is 2.45. The molecule has 2 heteroatoms. The number of terminal acetylenes is 1. The first-order valence-corrected chi connectivity index (χ1v) is 6.17. The smallest absolute Gasteiger partial charge is 0.123 e. The van der Waals surface area contributed by atoms with Gasteiger partial charge in [-0.2, -0.15) is 0 Å². The summed E-state index contributed by atoms with van der Waals surface area (Å²) < 4.78 is 5.36. The lowest BCUT2D eigenvalue weighted by Gasteiger charge is -2.11. The highest BCUT2D eigenvalue weighted by molar-refractivity contribution is 5.51. The lowest BCUT2D eigenvalue weighted by Crippen LogP contribution is -2.02. The minimum absolute atomic E-state index is 0.707. The van der Waals surface area contributed by atoms with Crippen LogP contribution in [0, 0.1) is 19.3 Å². The van der Waals surface area contributed by atoms with Crippen LogP contribution in [0.15, 0.2) is 42.5 Å². The summed E-state index contributed by atoms with van der Waals surface area (Å²) in [5, 5.41) is 3.36. The van der Waals surface area contributed by atoms with Gasteiger partial charge in [0.25, 0.3) is 0 Å². The second-order valence-corrected chi connectivity index (χ2v) is 4.39. The van der Waals surface area contributed by atoms with Crippen molar-refractivity contribution in [2.45, 2.75) is 13.5 Å². The highest BCUT2D eigenvalue weighted by Crippen LogP contribution is 2.21. The number of rotatable bonds is 4. The summed E-state index contributed by atoms with van der Waals surface area (Å²) >= 11 is 0. The van der Waals surface area contributed by atoms with E-state index in [-0.39, 0.29) is 0 Å². The molecule has 19 heavy (non-hydrogen) atoms. The van der Waals surface area contributed by atoms with E-state index in [2.05, 4.69) is 24.2 Å². The Balaban J connectivity index is 2.14. The van der Waals surface area contributed by atoms with Gasteiger partial charge in [0.15, 0.2) is 0 Å². The van der Waals surface area contributed by atoms with Crippen molar-refractivity contribution >= 4 is 5.69 Å². The van der Waals surface area contributed by atoms with Crippen LogP contribution in [0.4, 0.5) is 5.69 Å². The normalized spacial score (nSPS) is 9.74. The monoisotopic (exact) mass is 251 g/mol. The molecule has 0 amide bonds. The maximum absolute atomic E-state index is 5.39. The van der Waals surface area contributed by atoms with E-state index in [0.717, 1.165) is 22.6 Å². The lowest BCUT2D eigenvalue weighted by molar-refractivity contribution is 0.410. The molecule has 0 spiro atoms. The second-order valence-electron chi connectivity index (χ2n) is 4.39. The van der Waals surface area contributed by atoms with Crippen LogP contribution >= 0.6 is 0 Å². The van der Waals surface area contributed by atoms with Crippen LogP contribution in [0.5, 0.6) is 5.75 Å². The van der Waals surface area contributed by atoms with E-state index < -0.39 is 0 Å². The number of methoxy groups -OCH3 is 1. The third-order valence-electron chi connectivity index (χ3n) is 2.95. The van der Waals surface area contributed by atoms with Crippen LogP contribution in [0.1, 0.15) is 16.7 Å². The van der Waals surface area contributed by atoms with Gasteiger partial charge in [0.05, 0.1) is 7.11 Å². The summed E-state index contributed by atoms with van der Waals surface area (Å²) in [4.78, 5) is 0. The van der Waals surface area contributed by atoms with Crippen molar-refractivity contribution in [3.63, 3.8) is 0 Å². The molecule has 0 aliphatic rings. The molecule has 2 rings (SSSR count). The molecule has 0 heterocycles. The van der Waals surface area contributed by atoms with Crippen LogP contribution in [0.25, 0.3) is 0 Å². The summed E-state index contributed by atoms with van der Waals surface area (Å²) in [7, 11) is 1.69. The molecule has 0 aliphatic carbocycles. The Bertz CT molecular complexity index is 611. The topological polar surface area (TPSA) is 21.3 Å². The highest BCUT2D eigenvalue weighted by Gasteiger charge is 2.03. The van der Waals surface area contributed by atoms with Crippen LogP contribution in [-0.2, 0) is 6.54 Å². The van der Waals surface area contributed by atoms with E-state index in [1.54, 1.807) is 7.11 Å². The van der Waals surface area contributed by atoms with Crippen molar-refractivity contribution in [1.29, 1.82) is 0 Å². The van der Waals surface area contributed by atoms with Gasteiger partial charge in [-0.15, -0.1) is 6.42 Å². The Morgan fingerprint density at radius 3 is 2.79 bits per heavy atom. The first kappa shape index (κ1) is 13.0. The molecule has 2 aromatic rings. The van der Waals surface area contributed by atoms with Crippen molar-refractivity contribution in [1.82, 2.24) is 0 Å². The molecule has 2 aromatic carbocycles. The molecule has 0 saturated heterocycles. The van der Waals surface area contributed by atoms with E-state index in [1.807, 2.05) is 36.4 Å². The van der Waals surface area contributed by atoms with Crippen LogP contribution in [0.2, 0.25) is 0 Å². The van der Waals surface area contributed by atoms with Gasteiger partial charge in [0.2, 0.25) is 0 Å². The Labute approximate surface area is 114 Å². The second kappa shape index (κ2) is 5.97. The average molecular weight is 251 g/mol. The minimum atomic E-state index is 0.707. The summed E-state index contributed by atoms with van der Waals surface area (Å²) in [6.45, 7) is 2.78. The van der Waals surface area contributed by atoms with Crippen molar-refractivity contribution in [2.75, 3.05) is 12.4 Å².